The summed E-state index contributed by atoms with van der Waals surface area (Å²) in [5, 5.41) is 2.90. The van der Waals surface area contributed by atoms with Gasteiger partial charge in [0.05, 0.1) is 16.1 Å². The van der Waals surface area contributed by atoms with Crippen molar-refractivity contribution in [2.75, 3.05) is 6.61 Å². The monoisotopic (exact) mass is 476 g/mol. The van der Waals surface area contributed by atoms with Gasteiger partial charge in [0.25, 0.3) is 5.91 Å². The number of rotatable bonds is 6. The highest BCUT2D eigenvalue weighted by atomic mass is 35.5. The number of carbonyl (C=O) groups excluding carboxylic acids is 1. The van der Waals surface area contributed by atoms with Gasteiger partial charge in [0.15, 0.2) is 12.4 Å². The molecule has 7 heteroatoms. The number of benzene rings is 4. The number of carbonyl (C=O) groups is 1. The third-order valence-electron chi connectivity index (χ3n) is 5.23. The van der Waals surface area contributed by atoms with Crippen molar-refractivity contribution in [2.45, 2.75) is 6.61 Å². The van der Waals surface area contributed by atoms with E-state index in [1.165, 1.54) is 4.57 Å². The minimum atomic E-state index is -0.286. The molecule has 0 radical (unpaired) electrons. The number of ether oxygens (including phenoxy) is 2. The fraction of sp³-hybridized carbons (Fsp3) is 0.0769. The summed E-state index contributed by atoms with van der Waals surface area (Å²) in [5.74, 6) is 1.31. The maximum atomic E-state index is 13.2. The van der Waals surface area contributed by atoms with Crippen molar-refractivity contribution < 1.29 is 14.3 Å². The number of halogens is 2. The van der Waals surface area contributed by atoms with E-state index in [4.69, 9.17) is 32.7 Å². The molecule has 5 nitrogen and oxygen atoms in total. The highest BCUT2D eigenvalue weighted by Crippen LogP contribution is 2.28. The molecule has 5 aromatic rings. The summed E-state index contributed by atoms with van der Waals surface area (Å²) in [4.78, 5) is 17.8. The first-order chi connectivity index (χ1) is 16.1. The van der Waals surface area contributed by atoms with Crippen molar-refractivity contribution in [3.63, 3.8) is 0 Å². The van der Waals surface area contributed by atoms with Crippen LogP contribution in [0.5, 0.6) is 11.5 Å². The van der Waals surface area contributed by atoms with Gasteiger partial charge in [0.2, 0.25) is 0 Å². The molecule has 0 unspecified atom stereocenters. The van der Waals surface area contributed by atoms with Gasteiger partial charge < -0.3 is 9.47 Å². The van der Waals surface area contributed by atoms with Crippen LogP contribution in [-0.2, 0) is 6.61 Å². The lowest BCUT2D eigenvalue weighted by atomic mass is 10.1. The number of hydrogen-bond donors (Lipinski definition) is 0. The van der Waals surface area contributed by atoms with E-state index in [0.717, 1.165) is 16.5 Å². The molecule has 0 bridgehead atoms. The van der Waals surface area contributed by atoms with Gasteiger partial charge in [-0.1, -0.05) is 71.7 Å². The molecule has 0 atom stereocenters. The number of imidazole rings is 1. The zero-order valence-electron chi connectivity index (χ0n) is 17.4. The Kier molecular flexibility index (Phi) is 5.90. The highest BCUT2D eigenvalue weighted by Gasteiger charge is 2.18. The van der Waals surface area contributed by atoms with Crippen molar-refractivity contribution in [3.05, 3.63) is 101 Å². The number of fused-ring (bicyclic) bond motifs is 2. The quantitative estimate of drug-likeness (QED) is 0.270. The number of nitrogens with zero attached hydrogens (tertiary/aromatic N) is 2. The average Bonchev–Trinajstić information content (AvgIpc) is 3.20. The Labute approximate surface area is 200 Å². The first-order valence-electron chi connectivity index (χ1n) is 10.3. The minimum Gasteiger partial charge on any atom is -0.485 e. The molecule has 0 aliphatic heterocycles. The van der Waals surface area contributed by atoms with E-state index in [0.29, 0.717) is 32.7 Å². The van der Waals surface area contributed by atoms with Crippen LogP contribution in [0, 0.1) is 0 Å². The molecule has 1 aromatic heterocycles. The molecule has 0 amide bonds. The molecule has 0 fully saturated rings. The summed E-state index contributed by atoms with van der Waals surface area (Å²) in [6.45, 7) is -0.0981. The van der Waals surface area contributed by atoms with Gasteiger partial charge in [-0.05, 0) is 41.8 Å². The molecule has 0 N–H and O–H groups in total. The lowest BCUT2D eigenvalue weighted by Gasteiger charge is -2.12. The Balaban J connectivity index is 1.42. The van der Waals surface area contributed by atoms with Crippen molar-refractivity contribution in [1.29, 1.82) is 0 Å². The molecule has 0 aliphatic carbocycles. The normalized spacial score (nSPS) is 11.1. The van der Waals surface area contributed by atoms with Crippen LogP contribution in [0.4, 0.5) is 0 Å². The summed E-state index contributed by atoms with van der Waals surface area (Å²) in [6, 6.07) is 26.2. The third kappa shape index (κ3) is 4.38. The van der Waals surface area contributed by atoms with Crippen LogP contribution >= 0.6 is 23.2 Å². The zero-order valence-corrected chi connectivity index (χ0v) is 18.9. The molecular weight excluding hydrogens is 459 g/mol. The SMILES string of the molecule is O=C(COc1ccc(Cl)cc1Cl)n1c(COc2cccc3ccccc23)nc2ccccc21. The standard InChI is InChI=1S/C26H18Cl2N2O3/c27-18-12-13-24(20(28)14-18)33-16-26(31)30-22-10-4-3-9-21(22)29-25(30)15-32-23-11-5-7-17-6-1-2-8-19(17)23/h1-14H,15-16H2. The molecule has 0 saturated heterocycles. The Morgan fingerprint density at radius 1 is 0.848 bits per heavy atom. The summed E-state index contributed by atoms with van der Waals surface area (Å²) < 4.78 is 13.3. The molecule has 0 aliphatic rings. The fourth-order valence-electron chi connectivity index (χ4n) is 3.71. The van der Waals surface area contributed by atoms with Crippen LogP contribution in [0.3, 0.4) is 0 Å². The Hall–Kier alpha value is -3.54. The van der Waals surface area contributed by atoms with Crippen LogP contribution in [0.15, 0.2) is 84.9 Å². The summed E-state index contributed by atoms with van der Waals surface area (Å²) >= 11 is 12.1. The summed E-state index contributed by atoms with van der Waals surface area (Å²) in [7, 11) is 0. The number of hydrogen-bond acceptors (Lipinski definition) is 4. The van der Waals surface area contributed by atoms with E-state index in [9.17, 15) is 4.79 Å². The molecule has 5 rings (SSSR count). The summed E-state index contributed by atoms with van der Waals surface area (Å²) in [6.07, 6.45) is 0. The Morgan fingerprint density at radius 2 is 1.64 bits per heavy atom. The van der Waals surface area contributed by atoms with Crippen molar-refractivity contribution in [1.82, 2.24) is 9.55 Å². The average molecular weight is 477 g/mol. The van der Waals surface area contributed by atoms with Gasteiger partial charge in [-0.15, -0.1) is 0 Å². The van der Waals surface area contributed by atoms with Crippen LogP contribution in [0.1, 0.15) is 10.6 Å². The van der Waals surface area contributed by atoms with E-state index >= 15 is 0 Å². The van der Waals surface area contributed by atoms with Gasteiger partial charge in [0, 0.05) is 10.4 Å². The van der Waals surface area contributed by atoms with Crippen molar-refractivity contribution in [3.8, 4) is 11.5 Å². The lowest BCUT2D eigenvalue weighted by Crippen LogP contribution is -2.22. The van der Waals surface area contributed by atoms with Gasteiger partial charge in [-0.25, -0.2) is 4.98 Å². The number of para-hydroxylation sites is 2. The Bertz CT molecular complexity index is 1470. The molecule has 0 spiro atoms. The second kappa shape index (κ2) is 9.14. The number of aromatic nitrogens is 2. The lowest BCUT2D eigenvalue weighted by molar-refractivity contribution is 0.0834. The van der Waals surface area contributed by atoms with Crippen LogP contribution in [0.25, 0.3) is 21.8 Å². The first-order valence-corrected chi connectivity index (χ1v) is 11.0. The van der Waals surface area contributed by atoms with Gasteiger partial charge in [0.1, 0.15) is 18.1 Å². The van der Waals surface area contributed by atoms with Crippen molar-refractivity contribution in [2.24, 2.45) is 0 Å². The molecule has 0 saturated carbocycles. The molecule has 4 aromatic carbocycles. The molecule has 164 valence electrons. The van der Waals surface area contributed by atoms with E-state index in [1.807, 2.05) is 66.7 Å². The van der Waals surface area contributed by atoms with E-state index in [1.54, 1.807) is 18.2 Å². The minimum absolute atomic E-state index is 0.121. The van der Waals surface area contributed by atoms with Crippen LogP contribution in [0.2, 0.25) is 10.0 Å². The van der Waals surface area contributed by atoms with Gasteiger partial charge >= 0.3 is 0 Å². The maximum Gasteiger partial charge on any atom is 0.270 e. The Morgan fingerprint density at radius 3 is 2.52 bits per heavy atom. The second-order valence-electron chi connectivity index (χ2n) is 7.38. The van der Waals surface area contributed by atoms with E-state index in [2.05, 4.69) is 4.98 Å². The van der Waals surface area contributed by atoms with Gasteiger partial charge in [-0.3, -0.25) is 9.36 Å². The van der Waals surface area contributed by atoms with Gasteiger partial charge in [-0.2, -0.15) is 0 Å². The highest BCUT2D eigenvalue weighted by molar-refractivity contribution is 6.35. The van der Waals surface area contributed by atoms with Crippen LogP contribution in [-0.4, -0.2) is 22.1 Å². The zero-order chi connectivity index (χ0) is 22.8. The van der Waals surface area contributed by atoms with E-state index < -0.39 is 0 Å². The largest absolute Gasteiger partial charge is 0.485 e. The molecule has 33 heavy (non-hydrogen) atoms. The predicted octanol–water partition coefficient (Wildman–Crippen LogP) is 6.79. The second-order valence-corrected chi connectivity index (χ2v) is 8.22. The summed E-state index contributed by atoms with van der Waals surface area (Å²) in [5.41, 5.74) is 1.39. The smallest absolute Gasteiger partial charge is 0.270 e. The van der Waals surface area contributed by atoms with Crippen LogP contribution < -0.4 is 9.47 Å². The first kappa shape index (κ1) is 21.3. The topological polar surface area (TPSA) is 53.4 Å². The predicted molar refractivity (Wildman–Crippen MR) is 131 cm³/mol. The maximum absolute atomic E-state index is 13.2. The molecule has 1 heterocycles. The molecular formula is C26H18Cl2N2O3. The fourth-order valence-corrected chi connectivity index (χ4v) is 4.17. The van der Waals surface area contributed by atoms with Crippen molar-refractivity contribution >= 4 is 50.9 Å². The third-order valence-corrected chi connectivity index (χ3v) is 5.76. The van der Waals surface area contributed by atoms with E-state index in [-0.39, 0.29) is 19.1 Å².